The second kappa shape index (κ2) is 4.86. The van der Waals surface area contributed by atoms with Gasteiger partial charge in [-0.1, -0.05) is 12.1 Å². The second-order valence-electron chi connectivity index (χ2n) is 4.46. The lowest BCUT2D eigenvalue weighted by Gasteiger charge is -2.17. The highest BCUT2D eigenvalue weighted by Crippen LogP contribution is 2.35. The molecule has 18 heavy (non-hydrogen) atoms. The maximum atomic E-state index is 10.4. The Balaban J connectivity index is 2.52. The molecule has 96 valence electrons. The van der Waals surface area contributed by atoms with E-state index in [0.29, 0.717) is 0 Å². The fraction of sp³-hybridized carbons (Fsp3) is 0.333. The minimum Gasteiger partial charge on any atom is -0.496 e. The summed E-state index contributed by atoms with van der Waals surface area (Å²) in [5, 5.41) is 10.4. The molecule has 0 saturated heterocycles. The van der Waals surface area contributed by atoms with Crippen LogP contribution in [0, 0.1) is 20.8 Å². The van der Waals surface area contributed by atoms with Crippen molar-refractivity contribution in [1.82, 2.24) is 0 Å². The van der Waals surface area contributed by atoms with E-state index in [-0.39, 0.29) is 0 Å². The molecule has 0 radical (unpaired) electrons. The third kappa shape index (κ3) is 2.02. The molecule has 2 rings (SSSR count). The van der Waals surface area contributed by atoms with Crippen LogP contribution in [-0.2, 0) is 0 Å². The Hall–Kier alpha value is -1.74. The van der Waals surface area contributed by atoms with Crippen molar-refractivity contribution in [2.75, 3.05) is 7.11 Å². The SMILES string of the molecule is COc1c(C(O)c2ccoc2C)ccc(C)c1C. The molecule has 1 heterocycles. The van der Waals surface area contributed by atoms with Gasteiger partial charge in [0.25, 0.3) is 0 Å². The van der Waals surface area contributed by atoms with E-state index in [4.69, 9.17) is 9.15 Å². The van der Waals surface area contributed by atoms with Crippen molar-refractivity contribution in [1.29, 1.82) is 0 Å². The van der Waals surface area contributed by atoms with Gasteiger partial charge in [0.1, 0.15) is 17.6 Å². The first-order chi connectivity index (χ1) is 8.56. The van der Waals surface area contributed by atoms with Gasteiger partial charge in [0.2, 0.25) is 0 Å². The summed E-state index contributed by atoms with van der Waals surface area (Å²) in [6, 6.07) is 5.68. The lowest BCUT2D eigenvalue weighted by atomic mass is 9.96. The molecule has 0 aliphatic carbocycles. The first-order valence-corrected chi connectivity index (χ1v) is 5.92. The van der Waals surface area contributed by atoms with Gasteiger partial charge >= 0.3 is 0 Å². The molecule has 0 fully saturated rings. The van der Waals surface area contributed by atoms with Crippen molar-refractivity contribution in [3.05, 3.63) is 52.5 Å². The number of ether oxygens (including phenoxy) is 1. The van der Waals surface area contributed by atoms with Crippen molar-refractivity contribution in [3.8, 4) is 5.75 Å². The van der Waals surface area contributed by atoms with E-state index < -0.39 is 6.10 Å². The summed E-state index contributed by atoms with van der Waals surface area (Å²) in [4.78, 5) is 0. The Morgan fingerprint density at radius 2 is 1.83 bits per heavy atom. The van der Waals surface area contributed by atoms with Crippen molar-refractivity contribution in [2.45, 2.75) is 26.9 Å². The Labute approximate surface area is 107 Å². The van der Waals surface area contributed by atoms with Crippen molar-refractivity contribution < 1.29 is 14.3 Å². The summed E-state index contributed by atoms with van der Waals surface area (Å²) < 4.78 is 10.7. The van der Waals surface area contributed by atoms with Crippen molar-refractivity contribution in [2.24, 2.45) is 0 Å². The number of hydrogen-bond donors (Lipinski definition) is 1. The van der Waals surface area contributed by atoms with Crippen molar-refractivity contribution in [3.63, 3.8) is 0 Å². The molecule has 0 spiro atoms. The van der Waals surface area contributed by atoms with E-state index in [1.54, 1.807) is 19.4 Å². The highest BCUT2D eigenvalue weighted by Gasteiger charge is 2.20. The fourth-order valence-corrected chi connectivity index (χ4v) is 2.14. The number of aliphatic hydroxyl groups excluding tert-OH is 1. The van der Waals surface area contributed by atoms with Gasteiger partial charge in [-0.15, -0.1) is 0 Å². The van der Waals surface area contributed by atoms with Crippen LogP contribution in [0.25, 0.3) is 0 Å². The molecular weight excluding hydrogens is 228 g/mol. The van der Waals surface area contributed by atoms with E-state index in [9.17, 15) is 5.11 Å². The summed E-state index contributed by atoms with van der Waals surface area (Å²) in [6.07, 6.45) is 0.861. The Kier molecular flexibility index (Phi) is 3.43. The molecule has 2 aromatic rings. The predicted molar refractivity (Wildman–Crippen MR) is 70.0 cm³/mol. The highest BCUT2D eigenvalue weighted by atomic mass is 16.5. The molecule has 3 heteroatoms. The number of rotatable bonds is 3. The molecule has 0 aliphatic rings. The van der Waals surface area contributed by atoms with Crippen LogP contribution < -0.4 is 4.74 Å². The number of methoxy groups -OCH3 is 1. The third-order valence-electron chi connectivity index (χ3n) is 3.40. The number of aryl methyl sites for hydroxylation is 2. The molecule has 1 atom stereocenters. The predicted octanol–water partition coefficient (Wildman–Crippen LogP) is 3.30. The van der Waals surface area contributed by atoms with Gasteiger partial charge in [0, 0.05) is 11.1 Å². The first kappa shape index (κ1) is 12.7. The molecule has 1 aromatic heterocycles. The summed E-state index contributed by atoms with van der Waals surface area (Å²) in [5.74, 6) is 1.46. The first-order valence-electron chi connectivity index (χ1n) is 5.92. The average Bonchev–Trinajstić information content (AvgIpc) is 2.78. The molecule has 1 aromatic carbocycles. The van der Waals surface area contributed by atoms with Crippen LogP contribution >= 0.6 is 0 Å². The molecule has 1 unspecified atom stereocenters. The van der Waals surface area contributed by atoms with Gasteiger partial charge in [-0.2, -0.15) is 0 Å². The van der Waals surface area contributed by atoms with Crippen LogP contribution in [0.4, 0.5) is 0 Å². The Bertz CT molecular complexity index is 555. The van der Waals surface area contributed by atoms with Gasteiger partial charge in [-0.05, 0) is 38.0 Å². The molecule has 0 amide bonds. The highest BCUT2D eigenvalue weighted by molar-refractivity contribution is 5.49. The summed E-state index contributed by atoms with van der Waals surface area (Å²) in [7, 11) is 1.63. The number of hydrogen-bond acceptors (Lipinski definition) is 3. The van der Waals surface area contributed by atoms with Crippen LogP contribution in [0.2, 0.25) is 0 Å². The van der Waals surface area contributed by atoms with Gasteiger partial charge in [-0.3, -0.25) is 0 Å². The van der Waals surface area contributed by atoms with Crippen LogP contribution in [-0.4, -0.2) is 12.2 Å². The van der Waals surface area contributed by atoms with Crippen molar-refractivity contribution >= 4 is 0 Å². The van der Waals surface area contributed by atoms with Crippen LogP contribution in [0.1, 0.15) is 34.1 Å². The topological polar surface area (TPSA) is 42.6 Å². The molecule has 0 saturated carbocycles. The maximum Gasteiger partial charge on any atom is 0.128 e. The van der Waals surface area contributed by atoms with Crippen LogP contribution in [0.5, 0.6) is 5.75 Å². The monoisotopic (exact) mass is 246 g/mol. The number of aliphatic hydroxyl groups is 1. The van der Waals surface area contributed by atoms with E-state index in [1.807, 2.05) is 32.9 Å². The van der Waals surface area contributed by atoms with Crippen LogP contribution in [0.15, 0.2) is 28.9 Å². The number of benzene rings is 1. The average molecular weight is 246 g/mol. The van der Waals surface area contributed by atoms with Gasteiger partial charge in [0.05, 0.1) is 13.4 Å². The maximum absolute atomic E-state index is 10.4. The van der Waals surface area contributed by atoms with Crippen LogP contribution in [0.3, 0.4) is 0 Å². The molecule has 3 nitrogen and oxygen atoms in total. The Morgan fingerprint density at radius 1 is 1.11 bits per heavy atom. The summed E-state index contributed by atoms with van der Waals surface area (Å²) in [5.41, 5.74) is 3.74. The summed E-state index contributed by atoms with van der Waals surface area (Å²) in [6.45, 7) is 5.86. The minimum absolute atomic E-state index is 0.724. The molecule has 0 bridgehead atoms. The third-order valence-corrected chi connectivity index (χ3v) is 3.40. The van der Waals surface area contributed by atoms with Gasteiger partial charge in [-0.25, -0.2) is 0 Å². The molecule has 0 aliphatic heterocycles. The summed E-state index contributed by atoms with van der Waals surface area (Å²) >= 11 is 0. The minimum atomic E-state index is -0.724. The van der Waals surface area contributed by atoms with E-state index in [0.717, 1.165) is 33.8 Å². The lowest BCUT2D eigenvalue weighted by molar-refractivity contribution is 0.212. The van der Waals surface area contributed by atoms with E-state index in [2.05, 4.69) is 0 Å². The fourth-order valence-electron chi connectivity index (χ4n) is 2.14. The van der Waals surface area contributed by atoms with E-state index >= 15 is 0 Å². The normalized spacial score (nSPS) is 12.5. The smallest absolute Gasteiger partial charge is 0.128 e. The quantitative estimate of drug-likeness (QED) is 0.903. The molecular formula is C15H18O3. The zero-order valence-corrected chi connectivity index (χ0v) is 11.2. The largest absolute Gasteiger partial charge is 0.496 e. The Morgan fingerprint density at radius 3 is 2.39 bits per heavy atom. The standard InChI is InChI=1S/C15H18O3/c1-9-5-6-13(15(17-4)10(9)2)14(16)12-7-8-18-11(12)3/h5-8,14,16H,1-4H3. The van der Waals surface area contributed by atoms with E-state index in [1.165, 1.54) is 0 Å². The lowest BCUT2D eigenvalue weighted by Crippen LogP contribution is -2.04. The molecule has 1 N–H and O–H groups in total. The zero-order valence-electron chi connectivity index (χ0n) is 11.2. The van der Waals surface area contributed by atoms with Gasteiger partial charge < -0.3 is 14.3 Å². The zero-order chi connectivity index (χ0) is 13.3. The second-order valence-corrected chi connectivity index (χ2v) is 4.46. The number of furan rings is 1. The van der Waals surface area contributed by atoms with Gasteiger partial charge in [0.15, 0.2) is 0 Å².